The number of hydrogen-bond donors (Lipinski definition) is 1. The molecular formula is C17H28N4O. The Morgan fingerprint density at radius 3 is 2.68 bits per heavy atom. The van der Waals surface area contributed by atoms with E-state index in [0.717, 1.165) is 39.0 Å². The molecule has 2 atom stereocenters. The van der Waals surface area contributed by atoms with Crippen molar-refractivity contribution >= 4 is 5.91 Å². The molecular weight excluding hydrogens is 276 g/mol. The first-order chi connectivity index (χ1) is 10.8. The number of carbonyl (C=O) groups is 1. The molecule has 0 aliphatic carbocycles. The Kier molecular flexibility index (Phi) is 5.13. The molecule has 22 heavy (non-hydrogen) atoms. The molecule has 3 rings (SSSR count). The molecule has 0 aromatic carbocycles. The van der Waals surface area contributed by atoms with E-state index in [-0.39, 0.29) is 6.04 Å². The van der Waals surface area contributed by atoms with E-state index in [1.165, 1.54) is 31.4 Å². The summed E-state index contributed by atoms with van der Waals surface area (Å²) in [6.45, 7) is 5.98. The average Bonchev–Trinajstić information content (AvgIpc) is 2.96. The maximum atomic E-state index is 12.9. The number of amides is 1. The largest absolute Gasteiger partial charge is 0.341 e. The van der Waals surface area contributed by atoms with Crippen LogP contribution >= 0.6 is 0 Å². The van der Waals surface area contributed by atoms with Crippen molar-refractivity contribution in [3.8, 4) is 0 Å². The van der Waals surface area contributed by atoms with Crippen LogP contribution in [0.5, 0.6) is 0 Å². The first-order valence-electron chi connectivity index (χ1n) is 8.78. The van der Waals surface area contributed by atoms with Crippen molar-refractivity contribution in [2.24, 2.45) is 0 Å². The van der Waals surface area contributed by atoms with Crippen LogP contribution in [0.4, 0.5) is 0 Å². The van der Waals surface area contributed by atoms with Crippen LogP contribution in [-0.2, 0) is 4.79 Å². The highest BCUT2D eigenvalue weighted by Gasteiger charge is 2.30. The number of nitrogens with one attached hydrogen (secondary N) is 1. The van der Waals surface area contributed by atoms with Crippen LogP contribution in [0.25, 0.3) is 0 Å². The molecule has 0 radical (unpaired) electrons. The minimum atomic E-state index is 0.0265. The lowest BCUT2D eigenvalue weighted by Gasteiger charge is -2.36. The molecule has 5 heteroatoms. The van der Waals surface area contributed by atoms with Gasteiger partial charge in [-0.05, 0) is 51.8 Å². The third-order valence-electron chi connectivity index (χ3n) is 5.24. The maximum absolute atomic E-state index is 12.9. The van der Waals surface area contributed by atoms with Gasteiger partial charge < -0.3 is 4.90 Å². The molecule has 0 bridgehead atoms. The molecule has 0 saturated carbocycles. The van der Waals surface area contributed by atoms with Gasteiger partial charge in [-0.3, -0.25) is 14.8 Å². The molecule has 2 fully saturated rings. The Bertz CT molecular complexity index is 465. The highest BCUT2D eigenvalue weighted by Crippen LogP contribution is 2.26. The number of likely N-dealkylation sites (tertiary alicyclic amines) is 2. The fraction of sp³-hybridized carbons (Fsp3) is 0.765. The molecule has 1 N–H and O–H groups in total. The zero-order valence-corrected chi connectivity index (χ0v) is 13.6. The molecule has 1 aromatic heterocycles. The summed E-state index contributed by atoms with van der Waals surface area (Å²) < 4.78 is 0. The topological polar surface area (TPSA) is 52.2 Å². The van der Waals surface area contributed by atoms with Gasteiger partial charge in [0.15, 0.2) is 0 Å². The number of piperidine rings is 1. The highest BCUT2D eigenvalue weighted by molar-refractivity contribution is 5.81. The quantitative estimate of drug-likeness (QED) is 0.933. The van der Waals surface area contributed by atoms with Crippen LogP contribution in [-0.4, -0.2) is 58.1 Å². The van der Waals surface area contributed by atoms with Crippen molar-refractivity contribution in [2.75, 3.05) is 26.2 Å². The van der Waals surface area contributed by atoms with E-state index in [0.29, 0.717) is 11.8 Å². The second-order valence-corrected chi connectivity index (χ2v) is 6.76. The van der Waals surface area contributed by atoms with Crippen LogP contribution < -0.4 is 0 Å². The summed E-state index contributed by atoms with van der Waals surface area (Å²) in [7, 11) is 0. The summed E-state index contributed by atoms with van der Waals surface area (Å²) in [5.41, 5.74) is 1.17. The maximum Gasteiger partial charge on any atom is 0.239 e. The fourth-order valence-electron chi connectivity index (χ4n) is 3.83. The number of hydrogen-bond acceptors (Lipinski definition) is 3. The van der Waals surface area contributed by atoms with Gasteiger partial charge in [-0.15, -0.1) is 0 Å². The van der Waals surface area contributed by atoms with Gasteiger partial charge in [-0.25, -0.2) is 0 Å². The van der Waals surface area contributed by atoms with Gasteiger partial charge in [-0.2, -0.15) is 5.10 Å². The van der Waals surface area contributed by atoms with Crippen molar-refractivity contribution in [3.05, 3.63) is 18.0 Å². The van der Waals surface area contributed by atoms with Gasteiger partial charge in [-0.1, -0.05) is 12.8 Å². The second kappa shape index (κ2) is 7.27. The van der Waals surface area contributed by atoms with E-state index in [9.17, 15) is 4.79 Å². The van der Waals surface area contributed by atoms with Crippen LogP contribution in [0, 0.1) is 0 Å². The van der Waals surface area contributed by atoms with Crippen molar-refractivity contribution in [1.82, 2.24) is 20.0 Å². The van der Waals surface area contributed by atoms with Crippen LogP contribution in [0.3, 0.4) is 0 Å². The minimum Gasteiger partial charge on any atom is -0.341 e. The molecule has 3 heterocycles. The van der Waals surface area contributed by atoms with Gasteiger partial charge in [0, 0.05) is 30.9 Å². The molecule has 1 aromatic rings. The zero-order chi connectivity index (χ0) is 15.4. The Labute approximate surface area is 133 Å². The molecule has 1 amide bonds. The van der Waals surface area contributed by atoms with Crippen LogP contribution in [0.1, 0.15) is 57.1 Å². The highest BCUT2D eigenvalue weighted by atomic mass is 16.2. The van der Waals surface area contributed by atoms with E-state index < -0.39 is 0 Å². The van der Waals surface area contributed by atoms with Crippen LogP contribution in [0.15, 0.2) is 12.3 Å². The Balaban J connectivity index is 1.60. The molecule has 122 valence electrons. The van der Waals surface area contributed by atoms with Crippen molar-refractivity contribution in [2.45, 2.75) is 57.4 Å². The standard InChI is InChI=1S/C17H28N4O/c1-14(20-10-4-2-3-5-11-20)17(22)21-12-6-7-15(13-21)16-8-9-18-19-16/h8-9,14-15H,2-7,10-13H2,1H3,(H,18,19)/t14-,15-/m1/s1. The van der Waals surface area contributed by atoms with Gasteiger partial charge in [0.1, 0.15) is 0 Å². The normalized spacial score (nSPS) is 25.7. The van der Waals surface area contributed by atoms with Crippen LogP contribution in [0.2, 0.25) is 0 Å². The number of carbonyl (C=O) groups excluding carboxylic acids is 1. The minimum absolute atomic E-state index is 0.0265. The van der Waals surface area contributed by atoms with Gasteiger partial charge in [0.2, 0.25) is 5.91 Å². The molecule has 0 spiro atoms. The Morgan fingerprint density at radius 1 is 1.23 bits per heavy atom. The van der Waals surface area contributed by atoms with E-state index in [1.807, 2.05) is 6.07 Å². The molecule has 0 unspecified atom stereocenters. The number of aromatic nitrogens is 2. The fourth-order valence-corrected chi connectivity index (χ4v) is 3.83. The summed E-state index contributed by atoms with van der Waals surface area (Å²) in [6, 6.07) is 2.07. The number of aromatic amines is 1. The number of H-pyrrole nitrogens is 1. The smallest absolute Gasteiger partial charge is 0.239 e. The first kappa shape index (κ1) is 15.5. The average molecular weight is 304 g/mol. The lowest BCUT2D eigenvalue weighted by molar-refractivity contribution is -0.137. The van der Waals surface area contributed by atoms with E-state index in [1.54, 1.807) is 6.20 Å². The van der Waals surface area contributed by atoms with Crippen molar-refractivity contribution in [3.63, 3.8) is 0 Å². The lowest BCUT2D eigenvalue weighted by Crippen LogP contribution is -2.50. The van der Waals surface area contributed by atoms with E-state index in [2.05, 4.69) is 26.9 Å². The SMILES string of the molecule is C[C@H](C(=O)N1CCC[C@@H](c2ccn[nH]2)C1)N1CCCCCC1. The van der Waals surface area contributed by atoms with E-state index >= 15 is 0 Å². The molecule has 2 aliphatic rings. The summed E-state index contributed by atoms with van der Waals surface area (Å²) in [5, 5.41) is 7.12. The molecule has 5 nitrogen and oxygen atoms in total. The number of nitrogens with zero attached hydrogens (tertiary/aromatic N) is 3. The monoisotopic (exact) mass is 304 g/mol. The third-order valence-corrected chi connectivity index (χ3v) is 5.24. The Morgan fingerprint density at radius 2 is 2.00 bits per heavy atom. The summed E-state index contributed by atoms with van der Waals surface area (Å²) in [4.78, 5) is 17.3. The molecule has 2 aliphatic heterocycles. The zero-order valence-electron chi connectivity index (χ0n) is 13.6. The van der Waals surface area contributed by atoms with Gasteiger partial charge >= 0.3 is 0 Å². The first-order valence-corrected chi connectivity index (χ1v) is 8.78. The lowest BCUT2D eigenvalue weighted by atomic mass is 9.94. The second-order valence-electron chi connectivity index (χ2n) is 6.76. The predicted molar refractivity (Wildman–Crippen MR) is 86.6 cm³/mol. The Hall–Kier alpha value is -1.36. The van der Waals surface area contributed by atoms with Gasteiger partial charge in [0.05, 0.1) is 6.04 Å². The van der Waals surface area contributed by atoms with Crippen molar-refractivity contribution in [1.29, 1.82) is 0 Å². The van der Waals surface area contributed by atoms with E-state index in [4.69, 9.17) is 0 Å². The summed E-state index contributed by atoms with van der Waals surface area (Å²) in [6.07, 6.45) is 9.11. The number of rotatable bonds is 3. The van der Waals surface area contributed by atoms with Gasteiger partial charge in [0.25, 0.3) is 0 Å². The van der Waals surface area contributed by atoms with Crippen molar-refractivity contribution < 1.29 is 4.79 Å². The molecule has 2 saturated heterocycles. The predicted octanol–water partition coefficient (Wildman–Crippen LogP) is 2.38. The summed E-state index contributed by atoms with van der Waals surface area (Å²) in [5.74, 6) is 0.725. The third kappa shape index (κ3) is 3.51. The summed E-state index contributed by atoms with van der Waals surface area (Å²) >= 11 is 0.